The quantitative estimate of drug-likeness (QED) is 0.781. The van der Waals surface area contributed by atoms with Crippen molar-refractivity contribution in [3.63, 3.8) is 0 Å². The number of nitrogens with one attached hydrogen (secondary N) is 1. The average Bonchev–Trinajstić information content (AvgIpc) is 2.85. The molecule has 0 saturated heterocycles. The van der Waals surface area contributed by atoms with E-state index < -0.39 is 16.0 Å². The molecule has 1 aromatic rings. The summed E-state index contributed by atoms with van der Waals surface area (Å²) in [4.78, 5) is 21.5. The van der Waals surface area contributed by atoms with Gasteiger partial charge in [0.25, 0.3) is 0 Å². The summed E-state index contributed by atoms with van der Waals surface area (Å²) in [5, 5.41) is 12.7. The van der Waals surface area contributed by atoms with Crippen molar-refractivity contribution in [2.24, 2.45) is 0 Å². The first-order valence-electron chi connectivity index (χ1n) is 5.28. The van der Waals surface area contributed by atoms with Gasteiger partial charge in [-0.3, -0.25) is 4.79 Å². The van der Waals surface area contributed by atoms with Crippen LogP contribution in [0.2, 0.25) is 0 Å². The van der Waals surface area contributed by atoms with E-state index in [0.717, 1.165) is 15.6 Å². The second-order valence-electron chi connectivity index (χ2n) is 3.67. The number of carbonyl (C=O) groups excluding carboxylic acids is 1. The maximum atomic E-state index is 12.2. The lowest BCUT2D eigenvalue weighted by Crippen LogP contribution is -2.31. The zero-order valence-electron chi connectivity index (χ0n) is 10.4. The lowest BCUT2D eigenvalue weighted by molar-refractivity contribution is -0.120. The second kappa shape index (κ2) is 6.13. The molecule has 0 aliphatic carbocycles. The van der Waals surface area contributed by atoms with E-state index in [9.17, 15) is 18.0 Å². The molecule has 0 spiro atoms. The van der Waals surface area contributed by atoms with Crippen LogP contribution >= 0.6 is 11.3 Å². The summed E-state index contributed by atoms with van der Waals surface area (Å²) in [6.07, 6.45) is 0.0127. The van der Waals surface area contributed by atoms with E-state index in [4.69, 9.17) is 5.11 Å². The Morgan fingerprint density at radius 3 is 2.63 bits per heavy atom. The highest BCUT2D eigenvalue weighted by Gasteiger charge is 2.27. The van der Waals surface area contributed by atoms with E-state index in [1.807, 2.05) is 0 Å². The SMILES string of the molecule is CNC(=O)CCN(C)S(=O)(=O)c1ccsc1C(=O)O. The molecule has 0 unspecified atom stereocenters. The molecule has 1 rings (SSSR count). The largest absolute Gasteiger partial charge is 0.477 e. The number of rotatable bonds is 6. The molecule has 1 aromatic heterocycles. The predicted octanol–water partition coefficient (Wildman–Crippen LogP) is 0.203. The minimum absolute atomic E-state index is 0.0127. The Morgan fingerprint density at radius 1 is 1.47 bits per heavy atom. The summed E-state index contributed by atoms with van der Waals surface area (Å²) in [6, 6.07) is 1.25. The lowest BCUT2D eigenvalue weighted by atomic mass is 10.4. The van der Waals surface area contributed by atoms with Gasteiger partial charge in [-0.05, 0) is 11.4 Å². The van der Waals surface area contributed by atoms with Crippen LogP contribution in [0.25, 0.3) is 0 Å². The third-order valence-electron chi connectivity index (χ3n) is 2.44. The number of amides is 1. The number of aromatic carboxylic acids is 1. The minimum atomic E-state index is -3.89. The van der Waals surface area contributed by atoms with Crippen LogP contribution in [0.5, 0.6) is 0 Å². The summed E-state index contributed by atoms with van der Waals surface area (Å²) in [5.41, 5.74) is 0. The van der Waals surface area contributed by atoms with Gasteiger partial charge >= 0.3 is 5.97 Å². The molecule has 2 N–H and O–H groups in total. The van der Waals surface area contributed by atoms with Crippen molar-refractivity contribution in [3.05, 3.63) is 16.3 Å². The number of sulfonamides is 1. The Balaban J connectivity index is 2.94. The molecule has 0 aliphatic rings. The molecule has 0 fully saturated rings. The maximum Gasteiger partial charge on any atom is 0.347 e. The molecule has 106 valence electrons. The third-order valence-corrected chi connectivity index (χ3v) is 5.38. The third kappa shape index (κ3) is 3.52. The summed E-state index contributed by atoms with van der Waals surface area (Å²) in [7, 11) is -1.13. The number of thiophene rings is 1. The van der Waals surface area contributed by atoms with Crippen LogP contribution in [0.3, 0.4) is 0 Å². The summed E-state index contributed by atoms with van der Waals surface area (Å²) < 4.78 is 25.3. The van der Waals surface area contributed by atoms with Crippen LogP contribution < -0.4 is 5.32 Å². The van der Waals surface area contributed by atoms with Gasteiger partial charge in [-0.15, -0.1) is 11.3 Å². The van der Waals surface area contributed by atoms with E-state index in [-0.39, 0.29) is 28.6 Å². The van der Waals surface area contributed by atoms with Crippen LogP contribution in [-0.2, 0) is 14.8 Å². The summed E-state index contributed by atoms with van der Waals surface area (Å²) in [5.74, 6) is -1.57. The zero-order chi connectivity index (χ0) is 14.6. The Hall–Kier alpha value is -1.45. The normalized spacial score (nSPS) is 11.5. The molecule has 7 nitrogen and oxygen atoms in total. The van der Waals surface area contributed by atoms with E-state index in [1.165, 1.54) is 25.5 Å². The second-order valence-corrected chi connectivity index (χ2v) is 6.60. The van der Waals surface area contributed by atoms with Crippen LogP contribution in [0, 0.1) is 0 Å². The minimum Gasteiger partial charge on any atom is -0.477 e. The molecule has 0 saturated carbocycles. The van der Waals surface area contributed by atoms with Crippen molar-refractivity contribution >= 4 is 33.2 Å². The molecule has 0 atom stereocenters. The summed E-state index contributed by atoms with van der Waals surface area (Å²) >= 11 is 0.846. The number of hydrogen-bond acceptors (Lipinski definition) is 5. The van der Waals surface area contributed by atoms with Gasteiger partial charge in [0.15, 0.2) is 0 Å². The summed E-state index contributed by atoms with van der Waals surface area (Å²) in [6.45, 7) is -0.0170. The highest BCUT2D eigenvalue weighted by atomic mass is 32.2. The first-order chi connectivity index (χ1) is 8.80. The Morgan fingerprint density at radius 2 is 2.11 bits per heavy atom. The smallest absolute Gasteiger partial charge is 0.347 e. The molecule has 9 heteroatoms. The Kier molecular flexibility index (Phi) is 5.04. The van der Waals surface area contributed by atoms with Gasteiger partial charge in [-0.25, -0.2) is 17.5 Å². The van der Waals surface area contributed by atoms with E-state index >= 15 is 0 Å². The van der Waals surface area contributed by atoms with Gasteiger partial charge in [-0.2, -0.15) is 0 Å². The number of carbonyl (C=O) groups is 2. The first-order valence-corrected chi connectivity index (χ1v) is 7.60. The number of hydrogen-bond donors (Lipinski definition) is 2. The van der Waals surface area contributed by atoms with Gasteiger partial charge in [0.1, 0.15) is 9.77 Å². The van der Waals surface area contributed by atoms with Gasteiger partial charge in [0.05, 0.1) is 0 Å². The molecular weight excluding hydrogens is 292 g/mol. The van der Waals surface area contributed by atoms with Crippen molar-refractivity contribution in [1.29, 1.82) is 0 Å². The van der Waals surface area contributed by atoms with Crippen molar-refractivity contribution in [2.45, 2.75) is 11.3 Å². The highest BCUT2D eigenvalue weighted by Crippen LogP contribution is 2.24. The molecule has 1 heterocycles. The van der Waals surface area contributed by atoms with Crippen LogP contribution in [0.15, 0.2) is 16.3 Å². The standard InChI is InChI=1S/C10H14N2O5S2/c1-11-8(13)3-5-12(2)19(16,17)7-4-6-18-9(7)10(14)15/h4,6H,3,5H2,1-2H3,(H,11,13)(H,14,15). The first kappa shape index (κ1) is 15.6. The van der Waals surface area contributed by atoms with Gasteiger partial charge in [-0.1, -0.05) is 0 Å². The van der Waals surface area contributed by atoms with E-state index in [1.54, 1.807) is 0 Å². The van der Waals surface area contributed by atoms with Crippen LogP contribution in [-0.4, -0.2) is 50.3 Å². The molecule has 0 aromatic carbocycles. The van der Waals surface area contributed by atoms with Crippen molar-refractivity contribution in [1.82, 2.24) is 9.62 Å². The molecule has 1 amide bonds. The van der Waals surface area contributed by atoms with Crippen LogP contribution in [0.4, 0.5) is 0 Å². The number of carboxylic acids is 1. The fraction of sp³-hybridized carbons (Fsp3) is 0.400. The van der Waals surface area contributed by atoms with Gasteiger partial charge in [0.2, 0.25) is 15.9 Å². The Bertz CT molecular complexity index is 578. The zero-order valence-corrected chi connectivity index (χ0v) is 12.0. The molecular formula is C10H14N2O5S2. The lowest BCUT2D eigenvalue weighted by Gasteiger charge is -2.16. The average molecular weight is 306 g/mol. The fourth-order valence-electron chi connectivity index (χ4n) is 1.33. The molecule has 0 bridgehead atoms. The molecule has 0 aliphatic heterocycles. The van der Waals surface area contributed by atoms with Crippen molar-refractivity contribution < 1.29 is 23.1 Å². The van der Waals surface area contributed by atoms with Crippen LogP contribution in [0.1, 0.15) is 16.1 Å². The molecule has 0 radical (unpaired) electrons. The monoisotopic (exact) mass is 306 g/mol. The Labute approximate surface area is 114 Å². The predicted molar refractivity (Wildman–Crippen MR) is 69.8 cm³/mol. The maximum absolute atomic E-state index is 12.2. The fourth-order valence-corrected chi connectivity index (χ4v) is 3.73. The van der Waals surface area contributed by atoms with E-state index in [0.29, 0.717) is 0 Å². The number of nitrogens with zero attached hydrogens (tertiary/aromatic N) is 1. The van der Waals surface area contributed by atoms with Crippen molar-refractivity contribution in [3.8, 4) is 0 Å². The van der Waals surface area contributed by atoms with Gasteiger partial charge in [0, 0.05) is 27.1 Å². The number of carboxylic acid groups (broad SMARTS) is 1. The molecule has 19 heavy (non-hydrogen) atoms. The highest BCUT2D eigenvalue weighted by molar-refractivity contribution is 7.89. The van der Waals surface area contributed by atoms with Crippen molar-refractivity contribution in [2.75, 3.05) is 20.6 Å². The van der Waals surface area contributed by atoms with E-state index in [2.05, 4.69) is 5.32 Å². The topological polar surface area (TPSA) is 104 Å². The van der Waals surface area contributed by atoms with Gasteiger partial charge < -0.3 is 10.4 Å².